The second-order valence-corrected chi connectivity index (χ2v) is 7.59. The molecule has 2 N–H and O–H groups in total. The fourth-order valence-corrected chi connectivity index (χ4v) is 2.85. The van der Waals surface area contributed by atoms with Crippen molar-refractivity contribution in [1.82, 2.24) is 4.57 Å². The molecule has 1 aromatic carbocycles. The standard InChI is InChI=1S/C16H18N4O7S/c1-3-28(25,26)18-13-6-4-11(8-14(13)27-2)17-15(21)10-19-9-12(20(23)24)5-7-16(19)22/h4-9,18H,3,10H2,1-2H3,(H,17,21). The van der Waals surface area contributed by atoms with Crippen LogP contribution in [0.3, 0.4) is 0 Å². The highest BCUT2D eigenvalue weighted by Gasteiger charge is 2.14. The van der Waals surface area contributed by atoms with Crippen molar-refractivity contribution in [3.05, 3.63) is 57.0 Å². The van der Waals surface area contributed by atoms with Crippen LogP contribution in [0.15, 0.2) is 41.3 Å². The highest BCUT2D eigenvalue weighted by molar-refractivity contribution is 7.92. The van der Waals surface area contributed by atoms with Gasteiger partial charge in [-0.2, -0.15) is 0 Å². The third-order valence-corrected chi connectivity index (χ3v) is 4.91. The number of hydrogen-bond acceptors (Lipinski definition) is 7. The Kier molecular flexibility index (Phi) is 6.36. The Morgan fingerprint density at radius 2 is 2.00 bits per heavy atom. The van der Waals surface area contributed by atoms with E-state index in [9.17, 15) is 28.1 Å². The van der Waals surface area contributed by atoms with E-state index in [-0.39, 0.29) is 22.9 Å². The smallest absolute Gasteiger partial charge is 0.285 e. The second kappa shape index (κ2) is 8.52. The molecule has 0 aliphatic carbocycles. The lowest BCUT2D eigenvalue weighted by atomic mass is 10.2. The summed E-state index contributed by atoms with van der Waals surface area (Å²) in [6.45, 7) is 1.05. The van der Waals surface area contributed by atoms with E-state index in [1.807, 2.05) is 0 Å². The highest BCUT2D eigenvalue weighted by atomic mass is 32.2. The summed E-state index contributed by atoms with van der Waals surface area (Å²) in [5, 5.41) is 13.3. The quantitative estimate of drug-likeness (QED) is 0.490. The molecule has 2 rings (SSSR count). The molecular weight excluding hydrogens is 392 g/mol. The molecule has 0 fully saturated rings. The van der Waals surface area contributed by atoms with Crippen LogP contribution in [0.5, 0.6) is 5.75 Å². The van der Waals surface area contributed by atoms with Gasteiger partial charge in [-0.1, -0.05) is 0 Å². The monoisotopic (exact) mass is 410 g/mol. The molecule has 1 amide bonds. The predicted molar refractivity (Wildman–Crippen MR) is 102 cm³/mol. The first-order chi connectivity index (χ1) is 13.1. The lowest BCUT2D eigenvalue weighted by Gasteiger charge is -2.13. The van der Waals surface area contributed by atoms with E-state index < -0.39 is 33.0 Å². The van der Waals surface area contributed by atoms with Crippen molar-refractivity contribution in [3.8, 4) is 5.75 Å². The zero-order valence-corrected chi connectivity index (χ0v) is 15.9. The van der Waals surface area contributed by atoms with Gasteiger partial charge in [0, 0.05) is 23.9 Å². The predicted octanol–water partition coefficient (Wildman–Crippen LogP) is 1.17. The summed E-state index contributed by atoms with van der Waals surface area (Å²) in [6, 6.07) is 6.33. The Hall–Kier alpha value is -3.41. The number of nitrogens with zero attached hydrogens (tertiary/aromatic N) is 2. The minimum Gasteiger partial charge on any atom is -0.494 e. The maximum absolute atomic E-state index is 12.2. The molecule has 0 aliphatic heterocycles. The van der Waals surface area contributed by atoms with Gasteiger partial charge in [0.15, 0.2) is 0 Å². The van der Waals surface area contributed by atoms with E-state index in [2.05, 4.69) is 10.0 Å². The summed E-state index contributed by atoms with van der Waals surface area (Å²) in [4.78, 5) is 34.1. The Morgan fingerprint density at radius 1 is 1.29 bits per heavy atom. The Morgan fingerprint density at radius 3 is 2.61 bits per heavy atom. The number of benzene rings is 1. The van der Waals surface area contributed by atoms with Crippen LogP contribution < -0.4 is 20.3 Å². The van der Waals surface area contributed by atoms with Crippen LogP contribution in [0.25, 0.3) is 0 Å². The van der Waals surface area contributed by atoms with Gasteiger partial charge in [0.2, 0.25) is 15.9 Å². The van der Waals surface area contributed by atoms with Crippen LogP contribution in [0, 0.1) is 10.1 Å². The topological polar surface area (TPSA) is 150 Å². The van der Waals surface area contributed by atoms with E-state index in [0.717, 1.165) is 22.9 Å². The maximum atomic E-state index is 12.2. The molecule has 0 atom stereocenters. The molecule has 0 aliphatic rings. The molecule has 1 aromatic heterocycles. The van der Waals surface area contributed by atoms with Crippen molar-refractivity contribution in [2.45, 2.75) is 13.5 Å². The van der Waals surface area contributed by atoms with E-state index >= 15 is 0 Å². The van der Waals surface area contributed by atoms with Gasteiger partial charge in [0.1, 0.15) is 12.3 Å². The average molecular weight is 410 g/mol. The molecule has 0 radical (unpaired) electrons. The number of sulfonamides is 1. The molecule has 0 saturated heterocycles. The largest absolute Gasteiger partial charge is 0.494 e. The molecule has 150 valence electrons. The maximum Gasteiger partial charge on any atom is 0.285 e. The molecular formula is C16H18N4O7S. The minimum absolute atomic E-state index is 0.118. The first-order valence-corrected chi connectivity index (χ1v) is 9.63. The Bertz CT molecular complexity index is 1060. The van der Waals surface area contributed by atoms with Gasteiger partial charge in [0.25, 0.3) is 11.2 Å². The number of aromatic nitrogens is 1. The molecule has 0 spiro atoms. The van der Waals surface area contributed by atoms with Crippen molar-refractivity contribution >= 4 is 33.0 Å². The summed E-state index contributed by atoms with van der Waals surface area (Å²) in [5.74, 6) is -0.541. The SMILES string of the molecule is CCS(=O)(=O)Nc1ccc(NC(=O)Cn2cc([N+](=O)[O-])ccc2=O)cc1OC. The number of hydrogen-bond donors (Lipinski definition) is 2. The summed E-state index contributed by atoms with van der Waals surface area (Å²) >= 11 is 0. The molecule has 28 heavy (non-hydrogen) atoms. The van der Waals surface area contributed by atoms with Crippen molar-refractivity contribution in [3.63, 3.8) is 0 Å². The number of nitro groups is 1. The van der Waals surface area contributed by atoms with Crippen LogP contribution in [0.4, 0.5) is 17.1 Å². The van der Waals surface area contributed by atoms with E-state index in [4.69, 9.17) is 4.74 Å². The van der Waals surface area contributed by atoms with E-state index in [1.54, 1.807) is 0 Å². The number of carbonyl (C=O) groups excluding carboxylic acids is 1. The van der Waals surface area contributed by atoms with Gasteiger partial charge < -0.3 is 10.1 Å². The number of pyridine rings is 1. The molecule has 0 saturated carbocycles. The van der Waals surface area contributed by atoms with Gasteiger partial charge in [-0.05, 0) is 19.1 Å². The van der Waals surface area contributed by atoms with E-state index in [0.29, 0.717) is 5.69 Å². The average Bonchev–Trinajstić information content (AvgIpc) is 2.64. The zero-order valence-electron chi connectivity index (χ0n) is 15.0. The van der Waals surface area contributed by atoms with Crippen LogP contribution in [-0.2, 0) is 21.4 Å². The number of methoxy groups -OCH3 is 1. The molecule has 11 nitrogen and oxygen atoms in total. The van der Waals surface area contributed by atoms with Gasteiger partial charge in [-0.25, -0.2) is 8.42 Å². The van der Waals surface area contributed by atoms with Gasteiger partial charge in [-0.3, -0.25) is 29.0 Å². The Balaban J connectivity index is 2.17. The number of nitrogens with one attached hydrogen (secondary N) is 2. The fraction of sp³-hybridized carbons (Fsp3) is 0.250. The second-order valence-electron chi connectivity index (χ2n) is 5.58. The molecule has 0 bridgehead atoms. The van der Waals surface area contributed by atoms with Crippen LogP contribution in [-0.4, -0.2) is 36.7 Å². The van der Waals surface area contributed by atoms with Gasteiger partial charge in [0.05, 0.1) is 29.7 Å². The number of ether oxygens (including phenoxy) is 1. The summed E-state index contributed by atoms with van der Waals surface area (Å²) in [6.07, 6.45) is 0.977. The lowest BCUT2D eigenvalue weighted by Crippen LogP contribution is -2.27. The van der Waals surface area contributed by atoms with Gasteiger partial charge in [-0.15, -0.1) is 0 Å². The van der Waals surface area contributed by atoms with Crippen molar-refractivity contribution in [2.24, 2.45) is 0 Å². The molecule has 2 aromatic rings. The number of carbonyl (C=O) groups is 1. The van der Waals surface area contributed by atoms with Crippen molar-refractivity contribution < 1.29 is 22.9 Å². The first kappa shape index (κ1) is 20.9. The summed E-state index contributed by atoms with van der Waals surface area (Å²) in [5.41, 5.74) is -0.388. The third-order valence-electron chi connectivity index (χ3n) is 3.62. The Labute approximate surface area is 160 Å². The highest BCUT2D eigenvalue weighted by Crippen LogP contribution is 2.28. The van der Waals surface area contributed by atoms with Crippen molar-refractivity contribution in [2.75, 3.05) is 22.9 Å². The van der Waals surface area contributed by atoms with E-state index in [1.165, 1.54) is 32.2 Å². The van der Waals surface area contributed by atoms with Crippen LogP contribution >= 0.6 is 0 Å². The lowest BCUT2D eigenvalue weighted by molar-refractivity contribution is -0.385. The fourth-order valence-electron chi connectivity index (χ4n) is 2.20. The number of rotatable bonds is 8. The zero-order chi connectivity index (χ0) is 20.9. The molecule has 12 heteroatoms. The normalized spacial score (nSPS) is 10.9. The minimum atomic E-state index is -3.51. The summed E-state index contributed by atoms with van der Waals surface area (Å²) < 4.78 is 31.8. The van der Waals surface area contributed by atoms with Crippen LogP contribution in [0.2, 0.25) is 0 Å². The first-order valence-electron chi connectivity index (χ1n) is 7.98. The number of amides is 1. The third kappa shape index (κ3) is 5.30. The number of anilines is 2. The van der Waals surface area contributed by atoms with Crippen LogP contribution in [0.1, 0.15) is 6.92 Å². The van der Waals surface area contributed by atoms with Crippen molar-refractivity contribution in [1.29, 1.82) is 0 Å². The van der Waals surface area contributed by atoms with Gasteiger partial charge >= 0.3 is 0 Å². The molecule has 1 heterocycles. The summed E-state index contributed by atoms with van der Waals surface area (Å²) in [7, 11) is -2.17. The molecule has 0 unspecified atom stereocenters.